The highest BCUT2D eigenvalue weighted by atomic mass is 35.5. The summed E-state index contributed by atoms with van der Waals surface area (Å²) in [5.41, 5.74) is 0.600. The third-order valence-corrected chi connectivity index (χ3v) is 3.76. The van der Waals surface area contributed by atoms with Crippen LogP contribution in [0.4, 0.5) is 5.69 Å². The van der Waals surface area contributed by atoms with E-state index in [1.54, 1.807) is 0 Å². The standard InChI is InChI=1S/C12H10Cl3N3O2/c1-18-11(19)3-2-9(17-18)12(20)16-10-5-7(14)6(13)4-8(10)15/h4-5H,2-3H2,1H3,(H,16,20). The topological polar surface area (TPSA) is 61.8 Å². The van der Waals surface area contributed by atoms with Crippen LogP contribution in [-0.4, -0.2) is 29.6 Å². The molecular formula is C12H10Cl3N3O2. The average molecular weight is 335 g/mol. The summed E-state index contributed by atoms with van der Waals surface area (Å²) < 4.78 is 0. The van der Waals surface area contributed by atoms with Gasteiger partial charge in [-0.2, -0.15) is 5.10 Å². The first-order valence-electron chi connectivity index (χ1n) is 5.68. The third-order valence-electron chi connectivity index (χ3n) is 2.73. The molecule has 1 aromatic rings. The summed E-state index contributed by atoms with van der Waals surface area (Å²) >= 11 is 17.7. The van der Waals surface area contributed by atoms with Gasteiger partial charge in [-0.15, -0.1) is 0 Å². The SMILES string of the molecule is CN1N=C(C(=O)Nc2cc(Cl)c(Cl)cc2Cl)CCC1=O. The fraction of sp³-hybridized carbons (Fsp3) is 0.250. The molecule has 0 spiro atoms. The van der Waals surface area contributed by atoms with Gasteiger partial charge >= 0.3 is 0 Å². The average Bonchev–Trinajstić information content (AvgIpc) is 2.39. The first-order chi connectivity index (χ1) is 9.38. The van der Waals surface area contributed by atoms with Crippen LogP contribution in [0.15, 0.2) is 17.2 Å². The molecule has 0 atom stereocenters. The Hall–Kier alpha value is -1.30. The maximum atomic E-state index is 12.1. The lowest BCUT2D eigenvalue weighted by atomic mass is 10.1. The van der Waals surface area contributed by atoms with Crippen molar-refractivity contribution < 1.29 is 9.59 Å². The summed E-state index contributed by atoms with van der Waals surface area (Å²) in [4.78, 5) is 23.3. The monoisotopic (exact) mass is 333 g/mol. The van der Waals surface area contributed by atoms with E-state index in [-0.39, 0.29) is 34.5 Å². The highest BCUT2D eigenvalue weighted by Gasteiger charge is 2.22. The van der Waals surface area contributed by atoms with Crippen LogP contribution in [-0.2, 0) is 9.59 Å². The molecular weight excluding hydrogens is 325 g/mol. The Labute approximate surface area is 130 Å². The lowest BCUT2D eigenvalue weighted by Gasteiger charge is -2.19. The predicted molar refractivity (Wildman–Crippen MR) is 79.5 cm³/mol. The number of amides is 2. The van der Waals surface area contributed by atoms with Crippen LogP contribution < -0.4 is 5.32 Å². The zero-order chi connectivity index (χ0) is 14.9. The Morgan fingerprint density at radius 1 is 1.20 bits per heavy atom. The number of hydrogen-bond acceptors (Lipinski definition) is 3. The summed E-state index contributed by atoms with van der Waals surface area (Å²) in [6, 6.07) is 2.90. The molecule has 0 aliphatic carbocycles. The van der Waals surface area contributed by atoms with Gasteiger partial charge in [0, 0.05) is 19.9 Å². The smallest absolute Gasteiger partial charge is 0.271 e. The van der Waals surface area contributed by atoms with Crippen molar-refractivity contribution in [3.63, 3.8) is 0 Å². The van der Waals surface area contributed by atoms with Crippen molar-refractivity contribution in [2.75, 3.05) is 12.4 Å². The Morgan fingerprint density at radius 3 is 2.50 bits per heavy atom. The maximum absolute atomic E-state index is 12.1. The molecule has 8 heteroatoms. The summed E-state index contributed by atoms with van der Waals surface area (Å²) in [6.45, 7) is 0. The Balaban J connectivity index is 2.19. The second-order valence-electron chi connectivity index (χ2n) is 4.16. The first-order valence-corrected chi connectivity index (χ1v) is 6.82. The molecule has 1 aliphatic rings. The van der Waals surface area contributed by atoms with E-state index in [4.69, 9.17) is 34.8 Å². The molecule has 0 unspecified atom stereocenters. The summed E-state index contributed by atoms with van der Waals surface area (Å²) in [5, 5.41) is 8.52. The van der Waals surface area contributed by atoms with E-state index < -0.39 is 5.91 Å². The van der Waals surface area contributed by atoms with Crippen molar-refractivity contribution >= 4 is 58.0 Å². The Bertz CT molecular complexity index is 616. The molecule has 0 fully saturated rings. The van der Waals surface area contributed by atoms with Gasteiger partial charge in [-0.1, -0.05) is 34.8 Å². The minimum absolute atomic E-state index is 0.130. The lowest BCUT2D eigenvalue weighted by molar-refractivity contribution is -0.130. The van der Waals surface area contributed by atoms with Gasteiger partial charge < -0.3 is 5.32 Å². The van der Waals surface area contributed by atoms with Gasteiger partial charge in [0.05, 0.1) is 20.8 Å². The third kappa shape index (κ3) is 3.23. The quantitative estimate of drug-likeness (QED) is 0.844. The number of nitrogens with zero attached hydrogens (tertiary/aromatic N) is 2. The van der Waals surface area contributed by atoms with Crippen LogP contribution >= 0.6 is 34.8 Å². The second kappa shape index (κ2) is 5.99. The van der Waals surface area contributed by atoms with Crippen LogP contribution in [0.1, 0.15) is 12.8 Å². The molecule has 0 saturated heterocycles. The van der Waals surface area contributed by atoms with E-state index in [9.17, 15) is 9.59 Å². The zero-order valence-corrected chi connectivity index (χ0v) is 12.7. The van der Waals surface area contributed by atoms with E-state index in [1.807, 2.05) is 0 Å². The molecule has 0 radical (unpaired) electrons. The highest BCUT2D eigenvalue weighted by Crippen LogP contribution is 2.32. The molecule has 2 rings (SSSR count). The minimum Gasteiger partial charge on any atom is -0.319 e. The summed E-state index contributed by atoms with van der Waals surface area (Å²) in [6.07, 6.45) is 0.534. The minimum atomic E-state index is -0.426. The second-order valence-corrected chi connectivity index (χ2v) is 5.39. The van der Waals surface area contributed by atoms with Crippen LogP contribution in [0.2, 0.25) is 15.1 Å². The van der Waals surface area contributed by atoms with E-state index in [0.717, 1.165) is 5.01 Å². The fourth-order valence-electron chi connectivity index (χ4n) is 1.65. The lowest BCUT2D eigenvalue weighted by Crippen LogP contribution is -2.34. The Morgan fingerprint density at radius 2 is 1.85 bits per heavy atom. The number of carbonyl (C=O) groups is 2. The Kier molecular flexibility index (Phi) is 4.52. The molecule has 0 saturated carbocycles. The van der Waals surface area contributed by atoms with Crippen molar-refractivity contribution in [1.82, 2.24) is 5.01 Å². The number of hydrazone groups is 1. The van der Waals surface area contributed by atoms with Crippen LogP contribution in [0, 0.1) is 0 Å². The van der Waals surface area contributed by atoms with Gasteiger partial charge in [0.15, 0.2) is 0 Å². The van der Waals surface area contributed by atoms with Gasteiger partial charge in [0.25, 0.3) is 5.91 Å². The van der Waals surface area contributed by atoms with Crippen molar-refractivity contribution in [3.05, 3.63) is 27.2 Å². The van der Waals surface area contributed by atoms with Crippen molar-refractivity contribution in [2.24, 2.45) is 5.10 Å². The number of nitrogens with one attached hydrogen (secondary N) is 1. The van der Waals surface area contributed by atoms with Gasteiger partial charge in [0.1, 0.15) is 5.71 Å². The number of rotatable bonds is 2. The summed E-state index contributed by atoms with van der Waals surface area (Å²) in [5.74, 6) is -0.557. The molecule has 5 nitrogen and oxygen atoms in total. The van der Waals surface area contributed by atoms with Crippen LogP contribution in [0.3, 0.4) is 0 Å². The largest absolute Gasteiger partial charge is 0.319 e. The molecule has 1 N–H and O–H groups in total. The van der Waals surface area contributed by atoms with Crippen LogP contribution in [0.25, 0.3) is 0 Å². The number of anilines is 1. The molecule has 1 aromatic carbocycles. The molecule has 2 amide bonds. The number of hydrogen-bond donors (Lipinski definition) is 1. The number of benzene rings is 1. The van der Waals surface area contributed by atoms with Gasteiger partial charge in [0.2, 0.25) is 5.91 Å². The molecule has 1 aliphatic heterocycles. The maximum Gasteiger partial charge on any atom is 0.271 e. The summed E-state index contributed by atoms with van der Waals surface area (Å²) in [7, 11) is 1.50. The molecule has 0 aromatic heterocycles. The highest BCUT2D eigenvalue weighted by molar-refractivity contribution is 6.46. The normalized spacial score (nSPS) is 15.1. The molecule has 20 heavy (non-hydrogen) atoms. The number of carbonyl (C=O) groups excluding carboxylic acids is 2. The molecule has 106 valence electrons. The van der Waals surface area contributed by atoms with Crippen molar-refractivity contribution in [2.45, 2.75) is 12.8 Å². The molecule has 0 bridgehead atoms. The van der Waals surface area contributed by atoms with Crippen LogP contribution in [0.5, 0.6) is 0 Å². The van der Waals surface area contributed by atoms with E-state index in [2.05, 4.69) is 10.4 Å². The van der Waals surface area contributed by atoms with Crippen molar-refractivity contribution in [3.8, 4) is 0 Å². The van der Waals surface area contributed by atoms with Crippen molar-refractivity contribution in [1.29, 1.82) is 0 Å². The number of halogens is 3. The van der Waals surface area contributed by atoms with E-state index >= 15 is 0 Å². The van der Waals surface area contributed by atoms with Gasteiger partial charge in [-0.3, -0.25) is 9.59 Å². The zero-order valence-electron chi connectivity index (χ0n) is 10.4. The predicted octanol–water partition coefficient (Wildman–Crippen LogP) is 3.19. The van der Waals surface area contributed by atoms with Gasteiger partial charge in [-0.05, 0) is 12.1 Å². The van der Waals surface area contributed by atoms with E-state index in [0.29, 0.717) is 10.7 Å². The first kappa shape index (κ1) is 15.1. The molecule has 1 heterocycles. The van der Waals surface area contributed by atoms with E-state index in [1.165, 1.54) is 19.2 Å². The van der Waals surface area contributed by atoms with Gasteiger partial charge in [-0.25, -0.2) is 5.01 Å². The fourth-order valence-corrected chi connectivity index (χ4v) is 2.24.